The second-order valence-electron chi connectivity index (χ2n) is 4.63. The van der Waals surface area contributed by atoms with E-state index in [0.717, 1.165) is 25.1 Å². The molecule has 0 spiro atoms. The number of nitrogens with zero attached hydrogens (tertiary/aromatic N) is 3. The quantitative estimate of drug-likeness (QED) is 0.543. The maximum atomic E-state index is 10.3. The molecular weight excluding hydrogens is 202 g/mol. The highest BCUT2D eigenvalue weighted by molar-refractivity contribution is 5.49. The van der Waals surface area contributed by atoms with E-state index in [2.05, 4.69) is 16.1 Å². The summed E-state index contributed by atoms with van der Waals surface area (Å²) in [6, 6.07) is 2.18. The molecule has 1 aliphatic carbocycles. The Hall–Kier alpha value is -1.32. The van der Waals surface area contributed by atoms with Crippen molar-refractivity contribution >= 4 is 12.1 Å². The number of hydrogen-bond donors (Lipinski definition) is 0. The molecule has 1 aliphatic rings. The van der Waals surface area contributed by atoms with Crippen LogP contribution in [0.2, 0.25) is 0 Å². The van der Waals surface area contributed by atoms with Crippen LogP contribution < -0.4 is 4.90 Å². The van der Waals surface area contributed by atoms with Crippen LogP contribution in [0.3, 0.4) is 0 Å². The highest BCUT2D eigenvalue weighted by Gasteiger charge is 2.27. The van der Waals surface area contributed by atoms with Crippen molar-refractivity contribution in [1.82, 2.24) is 9.78 Å². The summed E-state index contributed by atoms with van der Waals surface area (Å²) in [4.78, 5) is 12.4. The van der Waals surface area contributed by atoms with E-state index in [0.29, 0.717) is 12.3 Å². The molecule has 16 heavy (non-hydrogen) atoms. The second-order valence-corrected chi connectivity index (χ2v) is 4.63. The van der Waals surface area contributed by atoms with Gasteiger partial charge in [-0.15, -0.1) is 0 Å². The Balaban J connectivity index is 2.09. The molecule has 0 aromatic carbocycles. The summed E-state index contributed by atoms with van der Waals surface area (Å²) in [6.07, 6.45) is 5.01. The molecule has 4 nitrogen and oxygen atoms in total. The van der Waals surface area contributed by atoms with E-state index in [1.807, 2.05) is 18.8 Å². The van der Waals surface area contributed by atoms with Crippen molar-refractivity contribution in [2.24, 2.45) is 0 Å². The zero-order valence-electron chi connectivity index (χ0n) is 10.0. The number of rotatable bonds is 6. The fourth-order valence-electron chi connectivity index (χ4n) is 1.85. The second kappa shape index (κ2) is 4.68. The first-order valence-corrected chi connectivity index (χ1v) is 5.91. The Bertz CT molecular complexity index is 366. The van der Waals surface area contributed by atoms with Crippen molar-refractivity contribution < 1.29 is 4.79 Å². The molecule has 1 heterocycles. The molecule has 4 heteroatoms. The number of unbranched alkanes of at least 4 members (excludes halogenated alkanes) is 1. The van der Waals surface area contributed by atoms with Crippen LogP contribution in [-0.4, -0.2) is 30.2 Å². The molecule has 1 fully saturated rings. The molecule has 0 saturated heterocycles. The van der Waals surface area contributed by atoms with Crippen molar-refractivity contribution in [2.45, 2.75) is 38.1 Å². The van der Waals surface area contributed by atoms with Gasteiger partial charge in [0, 0.05) is 39.0 Å². The first-order chi connectivity index (χ1) is 7.72. The number of anilines is 1. The lowest BCUT2D eigenvalue weighted by molar-refractivity contribution is -0.107. The summed E-state index contributed by atoms with van der Waals surface area (Å²) >= 11 is 0. The Morgan fingerprint density at radius 2 is 2.31 bits per heavy atom. The Labute approximate surface area is 96.2 Å². The summed E-state index contributed by atoms with van der Waals surface area (Å²) in [5.74, 6) is 1.83. The summed E-state index contributed by atoms with van der Waals surface area (Å²) in [7, 11) is 4.06. The van der Waals surface area contributed by atoms with Gasteiger partial charge in [0.05, 0.1) is 5.69 Å². The van der Waals surface area contributed by atoms with Crippen LogP contribution >= 0.6 is 0 Å². The highest BCUT2D eigenvalue weighted by Crippen LogP contribution is 2.40. The van der Waals surface area contributed by atoms with Crippen LogP contribution in [0.1, 0.15) is 37.3 Å². The first-order valence-electron chi connectivity index (χ1n) is 5.91. The van der Waals surface area contributed by atoms with Gasteiger partial charge in [-0.05, 0) is 19.3 Å². The van der Waals surface area contributed by atoms with Gasteiger partial charge in [-0.2, -0.15) is 5.10 Å². The van der Waals surface area contributed by atoms with Crippen LogP contribution in [-0.2, 0) is 11.3 Å². The first kappa shape index (κ1) is 11.2. The van der Waals surface area contributed by atoms with Crippen molar-refractivity contribution in [1.29, 1.82) is 0 Å². The monoisotopic (exact) mass is 221 g/mol. The van der Waals surface area contributed by atoms with Gasteiger partial charge < -0.3 is 9.69 Å². The zero-order chi connectivity index (χ0) is 11.5. The number of hydrogen-bond acceptors (Lipinski definition) is 3. The summed E-state index contributed by atoms with van der Waals surface area (Å²) in [6.45, 7) is 0.832. The van der Waals surface area contributed by atoms with Crippen molar-refractivity contribution in [2.75, 3.05) is 19.0 Å². The third kappa shape index (κ3) is 2.43. The molecule has 1 aromatic heterocycles. The summed E-state index contributed by atoms with van der Waals surface area (Å²) < 4.78 is 2.02. The topological polar surface area (TPSA) is 38.1 Å². The van der Waals surface area contributed by atoms with Gasteiger partial charge in [0.2, 0.25) is 0 Å². The van der Waals surface area contributed by atoms with E-state index in [4.69, 9.17) is 0 Å². The molecule has 0 amide bonds. The number of carbonyl (C=O) groups excluding carboxylic acids is 1. The third-order valence-corrected chi connectivity index (χ3v) is 2.92. The van der Waals surface area contributed by atoms with Gasteiger partial charge >= 0.3 is 0 Å². The van der Waals surface area contributed by atoms with E-state index in [1.165, 1.54) is 18.5 Å². The number of aromatic nitrogens is 2. The minimum Gasteiger partial charge on any atom is -0.363 e. The van der Waals surface area contributed by atoms with Crippen molar-refractivity contribution in [3.63, 3.8) is 0 Å². The lowest BCUT2D eigenvalue weighted by Gasteiger charge is -2.13. The molecule has 0 unspecified atom stereocenters. The largest absolute Gasteiger partial charge is 0.363 e. The SMILES string of the molecule is CN(C)c1cc(C2CC2)nn1CCCC=O. The predicted molar refractivity (Wildman–Crippen MR) is 63.8 cm³/mol. The highest BCUT2D eigenvalue weighted by atomic mass is 16.1. The van der Waals surface area contributed by atoms with Crippen molar-refractivity contribution in [3.05, 3.63) is 11.8 Å². The average molecular weight is 221 g/mol. The van der Waals surface area contributed by atoms with E-state index < -0.39 is 0 Å². The fourth-order valence-corrected chi connectivity index (χ4v) is 1.85. The van der Waals surface area contributed by atoms with Gasteiger partial charge in [0.15, 0.2) is 0 Å². The van der Waals surface area contributed by atoms with E-state index in [9.17, 15) is 4.79 Å². The maximum Gasteiger partial charge on any atom is 0.126 e. The molecule has 0 bridgehead atoms. The molecule has 0 atom stereocenters. The van der Waals surface area contributed by atoms with Crippen LogP contribution in [0, 0.1) is 0 Å². The van der Waals surface area contributed by atoms with E-state index in [1.54, 1.807) is 0 Å². The minimum atomic E-state index is 0.617. The molecule has 88 valence electrons. The normalized spacial score (nSPS) is 15.1. The van der Waals surface area contributed by atoms with Gasteiger partial charge in [0.25, 0.3) is 0 Å². The Kier molecular flexibility index (Phi) is 3.27. The van der Waals surface area contributed by atoms with E-state index in [-0.39, 0.29) is 0 Å². The van der Waals surface area contributed by atoms with Crippen LogP contribution in [0.5, 0.6) is 0 Å². The lowest BCUT2D eigenvalue weighted by Crippen LogP contribution is -2.15. The lowest BCUT2D eigenvalue weighted by atomic mass is 10.3. The standard InChI is InChI=1S/C12H19N3O/c1-14(2)12-9-11(10-5-6-10)13-15(12)7-3-4-8-16/h8-10H,3-7H2,1-2H3. The molecule has 2 rings (SSSR count). The Morgan fingerprint density at radius 1 is 1.56 bits per heavy atom. The smallest absolute Gasteiger partial charge is 0.126 e. The van der Waals surface area contributed by atoms with Crippen molar-refractivity contribution in [3.8, 4) is 0 Å². The van der Waals surface area contributed by atoms with Gasteiger partial charge in [0.1, 0.15) is 12.1 Å². The zero-order valence-corrected chi connectivity index (χ0v) is 10.0. The van der Waals surface area contributed by atoms with Crippen LogP contribution in [0.4, 0.5) is 5.82 Å². The third-order valence-electron chi connectivity index (χ3n) is 2.92. The van der Waals surface area contributed by atoms with Gasteiger partial charge in [-0.3, -0.25) is 0 Å². The molecular formula is C12H19N3O. The molecule has 0 radical (unpaired) electrons. The molecule has 1 aromatic rings. The minimum absolute atomic E-state index is 0.617. The van der Waals surface area contributed by atoms with Gasteiger partial charge in [-0.1, -0.05) is 0 Å². The molecule has 0 N–H and O–H groups in total. The number of aldehydes is 1. The van der Waals surface area contributed by atoms with Crippen LogP contribution in [0.25, 0.3) is 0 Å². The van der Waals surface area contributed by atoms with E-state index >= 15 is 0 Å². The molecule has 1 saturated carbocycles. The van der Waals surface area contributed by atoms with Gasteiger partial charge in [-0.25, -0.2) is 4.68 Å². The summed E-state index contributed by atoms with van der Waals surface area (Å²) in [5.41, 5.74) is 1.22. The summed E-state index contributed by atoms with van der Waals surface area (Å²) in [5, 5.41) is 4.62. The fraction of sp³-hybridized carbons (Fsp3) is 0.667. The maximum absolute atomic E-state index is 10.3. The predicted octanol–water partition coefficient (Wildman–Crippen LogP) is 1.81. The average Bonchev–Trinajstić information content (AvgIpc) is 3.00. The van der Waals surface area contributed by atoms with Crippen LogP contribution in [0.15, 0.2) is 6.07 Å². The molecule has 0 aliphatic heterocycles. The number of carbonyl (C=O) groups is 1. The Morgan fingerprint density at radius 3 is 2.88 bits per heavy atom. The number of aryl methyl sites for hydroxylation is 1.